The van der Waals surface area contributed by atoms with E-state index >= 15 is 0 Å². The lowest BCUT2D eigenvalue weighted by atomic mass is 10.1. The summed E-state index contributed by atoms with van der Waals surface area (Å²) >= 11 is 6.89. The highest BCUT2D eigenvalue weighted by atomic mass is 79.9. The first-order valence-corrected chi connectivity index (χ1v) is 12.0. The molecule has 0 saturated carbocycles. The van der Waals surface area contributed by atoms with E-state index in [9.17, 15) is 0 Å². The molecule has 2 aromatic carbocycles. The molecule has 0 bridgehead atoms. The molecule has 0 fully saturated rings. The molecule has 0 aliphatic carbocycles. The minimum atomic E-state index is 0.758. The van der Waals surface area contributed by atoms with Crippen molar-refractivity contribution in [3.63, 3.8) is 0 Å². The van der Waals surface area contributed by atoms with Crippen molar-refractivity contribution in [3.8, 4) is 0 Å². The summed E-state index contributed by atoms with van der Waals surface area (Å²) in [6.45, 7) is 1.52. The van der Waals surface area contributed by atoms with E-state index in [-0.39, 0.29) is 0 Å². The van der Waals surface area contributed by atoms with Crippen LogP contribution < -0.4 is 0 Å². The van der Waals surface area contributed by atoms with Crippen molar-refractivity contribution in [1.29, 1.82) is 0 Å². The minimum Gasteiger partial charge on any atom is -0.381 e. The predicted molar refractivity (Wildman–Crippen MR) is 101 cm³/mol. The quantitative estimate of drug-likeness (QED) is 0.440. The van der Waals surface area contributed by atoms with Crippen LogP contribution in [0.1, 0.15) is 11.1 Å². The maximum absolute atomic E-state index is 5.79. The average molecular weight is 448 g/mol. The van der Waals surface area contributed by atoms with Crippen LogP contribution in [0.3, 0.4) is 0 Å². The normalized spacial score (nSPS) is 10.8. The number of hydrogen-bond donors (Lipinski definition) is 0. The van der Waals surface area contributed by atoms with Crippen LogP contribution >= 0.6 is 50.0 Å². The average Bonchev–Trinajstić information content (AvgIpc) is 2.55. The van der Waals surface area contributed by atoms with Gasteiger partial charge in [0.1, 0.15) is 0 Å². The van der Waals surface area contributed by atoms with Crippen LogP contribution in [0.5, 0.6) is 0 Å². The third-order valence-electron chi connectivity index (χ3n) is 3.14. The Morgan fingerprint density at radius 1 is 0.714 bits per heavy atom. The molecule has 0 heterocycles. The molecule has 21 heavy (non-hydrogen) atoms. The Morgan fingerprint density at radius 3 is 1.57 bits per heavy atom. The van der Waals surface area contributed by atoms with Crippen LogP contribution in [0.2, 0.25) is 0 Å². The van der Waals surface area contributed by atoms with Crippen molar-refractivity contribution in [3.05, 3.63) is 59.7 Å². The van der Waals surface area contributed by atoms with Gasteiger partial charge >= 0.3 is 0 Å². The largest absolute Gasteiger partial charge is 0.381 e. The van der Waals surface area contributed by atoms with E-state index in [2.05, 4.69) is 78.2 Å². The first-order valence-electron chi connectivity index (χ1n) is 6.66. The van der Waals surface area contributed by atoms with Gasteiger partial charge in [-0.3, -0.25) is 0 Å². The summed E-state index contributed by atoms with van der Waals surface area (Å²) < 4.78 is 5.79. The minimum absolute atomic E-state index is 0.758. The fourth-order valence-corrected chi connectivity index (χ4v) is 4.73. The Kier molecular flexibility index (Phi) is 8.25. The van der Waals surface area contributed by atoms with Crippen molar-refractivity contribution in [1.82, 2.24) is 0 Å². The maximum Gasteiger partial charge on any atom is 0.0507 e. The van der Waals surface area contributed by atoms with E-state index in [1.807, 2.05) is 0 Å². The van der Waals surface area contributed by atoms with Crippen molar-refractivity contribution < 1.29 is 4.74 Å². The summed E-state index contributed by atoms with van der Waals surface area (Å²) in [4.78, 5) is 2.53. The third kappa shape index (κ3) is 5.64. The lowest BCUT2D eigenvalue weighted by Gasteiger charge is -2.09. The molecule has 0 spiro atoms. The first-order chi connectivity index (χ1) is 10.3. The molecule has 1 nitrogen and oxygen atoms in total. The fourth-order valence-electron chi connectivity index (χ4n) is 2.04. The molecule has 2 rings (SSSR count). The van der Waals surface area contributed by atoms with Gasteiger partial charge in [0.15, 0.2) is 0 Å². The maximum atomic E-state index is 5.79. The van der Waals surface area contributed by atoms with Crippen molar-refractivity contribution in [2.24, 2.45) is 0 Å². The van der Waals surface area contributed by atoms with Gasteiger partial charge in [-0.25, -0.2) is 0 Å². The molecule has 112 valence electrons. The zero-order valence-corrected chi connectivity index (χ0v) is 16.2. The van der Waals surface area contributed by atoms with E-state index in [4.69, 9.17) is 4.74 Å². The molecule has 0 saturated heterocycles. The summed E-state index contributed by atoms with van der Waals surface area (Å²) in [7, 11) is 3.22. The molecular formula is C16H16Br2OS2. The molecule has 2 aromatic rings. The summed E-state index contributed by atoms with van der Waals surface area (Å²) in [5, 5.41) is 0. The van der Waals surface area contributed by atoms with Crippen LogP contribution in [0.4, 0.5) is 0 Å². The highest BCUT2D eigenvalue weighted by molar-refractivity contribution is 9.50. The first kappa shape index (κ1) is 17.4. The van der Waals surface area contributed by atoms with Gasteiger partial charge in [0.2, 0.25) is 0 Å². The standard InChI is InChI=1S/C16H16Br2OS2/c17-20-15-7-3-1-5-13(15)9-11-19-12-10-14-6-2-4-8-16(14)21-18/h1-8H,9-12H2. The zero-order valence-electron chi connectivity index (χ0n) is 11.4. The predicted octanol–water partition coefficient (Wildman–Crippen LogP) is 6.29. The summed E-state index contributed by atoms with van der Waals surface area (Å²) in [6.07, 6.45) is 1.90. The van der Waals surface area contributed by atoms with Gasteiger partial charge in [-0.05, 0) is 86.1 Å². The topological polar surface area (TPSA) is 9.23 Å². The molecule has 0 aromatic heterocycles. The smallest absolute Gasteiger partial charge is 0.0507 e. The highest BCUT2D eigenvalue weighted by Crippen LogP contribution is 2.29. The second-order valence-corrected chi connectivity index (χ2v) is 7.61. The second kappa shape index (κ2) is 9.95. The Bertz CT molecular complexity index is 514. The summed E-state index contributed by atoms with van der Waals surface area (Å²) in [6, 6.07) is 16.8. The zero-order chi connectivity index (χ0) is 14.9. The molecule has 0 aliphatic rings. The van der Waals surface area contributed by atoms with Gasteiger partial charge in [-0.1, -0.05) is 36.4 Å². The van der Waals surface area contributed by atoms with E-state index in [1.165, 1.54) is 20.9 Å². The SMILES string of the molecule is BrSc1ccccc1CCOCCc1ccccc1SBr. The Hall–Kier alpha value is 0.0600. The number of ether oxygens (including phenoxy) is 1. The van der Waals surface area contributed by atoms with Crippen LogP contribution in [-0.2, 0) is 17.6 Å². The fraction of sp³-hybridized carbons (Fsp3) is 0.250. The Labute approximate surface area is 149 Å². The van der Waals surface area contributed by atoms with Gasteiger partial charge in [0.05, 0.1) is 13.2 Å². The van der Waals surface area contributed by atoms with Gasteiger partial charge < -0.3 is 4.74 Å². The molecule has 0 radical (unpaired) electrons. The van der Waals surface area contributed by atoms with Gasteiger partial charge in [0, 0.05) is 9.79 Å². The number of halogens is 2. The molecule has 0 atom stereocenters. The lowest BCUT2D eigenvalue weighted by Crippen LogP contribution is -2.04. The second-order valence-electron chi connectivity index (χ2n) is 4.48. The molecule has 0 aliphatic heterocycles. The molecular weight excluding hydrogens is 432 g/mol. The number of benzene rings is 2. The van der Waals surface area contributed by atoms with Crippen LogP contribution in [-0.4, -0.2) is 13.2 Å². The number of hydrogen-bond acceptors (Lipinski definition) is 3. The molecule has 5 heteroatoms. The third-order valence-corrected chi connectivity index (χ3v) is 6.36. The Balaban J connectivity index is 1.75. The van der Waals surface area contributed by atoms with Crippen LogP contribution in [0.15, 0.2) is 58.3 Å². The highest BCUT2D eigenvalue weighted by Gasteiger charge is 2.03. The van der Waals surface area contributed by atoms with Crippen LogP contribution in [0, 0.1) is 0 Å². The number of rotatable bonds is 8. The van der Waals surface area contributed by atoms with Crippen molar-refractivity contribution in [2.45, 2.75) is 22.6 Å². The molecule has 0 amide bonds. The van der Waals surface area contributed by atoms with E-state index in [1.54, 1.807) is 20.4 Å². The van der Waals surface area contributed by atoms with E-state index in [0.717, 1.165) is 26.1 Å². The van der Waals surface area contributed by atoms with E-state index in [0.29, 0.717) is 0 Å². The molecule has 0 N–H and O–H groups in total. The van der Waals surface area contributed by atoms with Crippen molar-refractivity contribution >= 4 is 50.0 Å². The lowest BCUT2D eigenvalue weighted by molar-refractivity contribution is 0.139. The summed E-state index contributed by atoms with van der Waals surface area (Å²) in [5.41, 5.74) is 2.66. The van der Waals surface area contributed by atoms with Crippen molar-refractivity contribution in [2.75, 3.05) is 13.2 Å². The van der Waals surface area contributed by atoms with E-state index < -0.39 is 0 Å². The molecule has 0 unspecified atom stereocenters. The van der Waals surface area contributed by atoms with Crippen LogP contribution in [0.25, 0.3) is 0 Å². The Morgan fingerprint density at radius 2 is 1.14 bits per heavy atom. The van der Waals surface area contributed by atoms with Gasteiger partial charge in [0.25, 0.3) is 0 Å². The monoisotopic (exact) mass is 446 g/mol. The van der Waals surface area contributed by atoms with Gasteiger partial charge in [-0.2, -0.15) is 0 Å². The van der Waals surface area contributed by atoms with Gasteiger partial charge in [-0.15, -0.1) is 0 Å². The summed E-state index contributed by atoms with van der Waals surface area (Å²) in [5.74, 6) is 0.